The number of hydrogen-bond acceptors (Lipinski definition) is 4. The third-order valence-corrected chi connectivity index (χ3v) is 4.92. The van der Waals surface area contributed by atoms with Gasteiger partial charge >= 0.3 is 6.16 Å². The number of aromatic nitrogens is 2. The maximum Gasteiger partial charge on any atom is 0.510 e. The van der Waals surface area contributed by atoms with Gasteiger partial charge in [-0.05, 0) is 17.7 Å². The largest absolute Gasteiger partial charge is 0.510 e. The molecule has 2 heterocycles. The number of nitrogens with zero attached hydrogens (tertiary/aromatic N) is 2. The molecule has 1 aromatic heterocycles. The average Bonchev–Trinajstić information content (AvgIpc) is 3.24. The van der Waals surface area contributed by atoms with Gasteiger partial charge in [0.15, 0.2) is 6.10 Å². The van der Waals surface area contributed by atoms with Gasteiger partial charge in [0.1, 0.15) is 0 Å². The summed E-state index contributed by atoms with van der Waals surface area (Å²) in [6.07, 6.45) is 3.69. The predicted octanol–water partition coefficient (Wildman–Crippen LogP) is 4.99. The number of rotatable bonds is 4. The summed E-state index contributed by atoms with van der Waals surface area (Å²) in [6, 6.07) is 14.5. The molecular weight excluding hydrogens is 375 g/mol. The standard InChI is InChI=1S/C19H14Cl2N2O3/c20-14-6-7-15(16(21)10-14)19(11-23-9-8-22-12-23)17(25-18(24)26-19)13-4-2-1-3-5-13/h1-10,12,17H,11H2/t17-,19-/m1/s1. The zero-order valence-electron chi connectivity index (χ0n) is 13.5. The molecule has 4 rings (SSSR count). The van der Waals surface area contributed by atoms with Crippen LogP contribution in [0.1, 0.15) is 17.2 Å². The number of halogens is 2. The molecule has 1 aliphatic heterocycles. The Kier molecular flexibility index (Phi) is 4.34. The minimum absolute atomic E-state index is 0.291. The number of cyclic esters (lactones) is 2. The van der Waals surface area contributed by atoms with Gasteiger partial charge in [0, 0.05) is 28.0 Å². The smallest absolute Gasteiger partial charge is 0.421 e. The molecule has 26 heavy (non-hydrogen) atoms. The molecule has 0 amide bonds. The van der Waals surface area contributed by atoms with E-state index in [1.165, 1.54) is 0 Å². The molecule has 1 aliphatic rings. The first-order valence-electron chi connectivity index (χ1n) is 7.94. The van der Waals surface area contributed by atoms with E-state index in [2.05, 4.69) is 4.98 Å². The highest BCUT2D eigenvalue weighted by atomic mass is 35.5. The monoisotopic (exact) mass is 388 g/mol. The summed E-state index contributed by atoms with van der Waals surface area (Å²) in [6.45, 7) is 0.291. The second-order valence-corrected chi connectivity index (χ2v) is 6.85. The van der Waals surface area contributed by atoms with E-state index in [4.69, 9.17) is 32.7 Å². The summed E-state index contributed by atoms with van der Waals surface area (Å²) >= 11 is 12.5. The Balaban J connectivity index is 1.90. The average molecular weight is 389 g/mol. The summed E-state index contributed by atoms with van der Waals surface area (Å²) < 4.78 is 13.1. The van der Waals surface area contributed by atoms with Crippen molar-refractivity contribution in [1.29, 1.82) is 0 Å². The Hall–Kier alpha value is -2.50. The number of benzene rings is 2. The fraction of sp³-hybridized carbons (Fsp3) is 0.158. The normalized spacial score (nSPS) is 22.1. The molecule has 0 N–H and O–H groups in total. The second-order valence-electron chi connectivity index (χ2n) is 6.01. The van der Waals surface area contributed by atoms with E-state index in [-0.39, 0.29) is 0 Å². The third-order valence-electron chi connectivity index (χ3n) is 4.37. The fourth-order valence-electron chi connectivity index (χ4n) is 3.26. The van der Waals surface area contributed by atoms with Crippen LogP contribution in [0.4, 0.5) is 4.79 Å². The van der Waals surface area contributed by atoms with Crippen molar-refractivity contribution in [2.45, 2.75) is 18.2 Å². The van der Waals surface area contributed by atoms with Crippen molar-refractivity contribution in [3.8, 4) is 0 Å². The Labute approximate surface area is 160 Å². The third kappa shape index (κ3) is 2.93. The predicted molar refractivity (Wildman–Crippen MR) is 97.1 cm³/mol. The van der Waals surface area contributed by atoms with Gasteiger partial charge in [-0.3, -0.25) is 0 Å². The first-order chi connectivity index (χ1) is 12.6. The van der Waals surface area contributed by atoms with Crippen LogP contribution in [0.25, 0.3) is 0 Å². The highest BCUT2D eigenvalue weighted by Gasteiger charge is 2.54. The van der Waals surface area contributed by atoms with Crippen molar-refractivity contribution in [1.82, 2.24) is 9.55 Å². The minimum Gasteiger partial charge on any atom is -0.421 e. The summed E-state index contributed by atoms with van der Waals surface area (Å²) in [4.78, 5) is 16.3. The number of hydrogen-bond donors (Lipinski definition) is 0. The Morgan fingerprint density at radius 1 is 1.15 bits per heavy atom. The van der Waals surface area contributed by atoms with Crippen molar-refractivity contribution in [2.24, 2.45) is 0 Å². The summed E-state index contributed by atoms with van der Waals surface area (Å²) in [5.74, 6) is 0. The Morgan fingerprint density at radius 2 is 1.96 bits per heavy atom. The molecule has 3 aromatic rings. The summed E-state index contributed by atoms with van der Waals surface area (Å²) in [5, 5.41) is 0.898. The topological polar surface area (TPSA) is 53.4 Å². The fourth-order valence-corrected chi connectivity index (χ4v) is 3.83. The van der Waals surface area contributed by atoms with Crippen LogP contribution < -0.4 is 0 Å². The van der Waals surface area contributed by atoms with Crippen molar-refractivity contribution in [3.63, 3.8) is 0 Å². The molecule has 0 saturated carbocycles. The van der Waals surface area contributed by atoms with Gasteiger partial charge in [-0.2, -0.15) is 0 Å². The van der Waals surface area contributed by atoms with Gasteiger partial charge < -0.3 is 14.0 Å². The molecule has 5 nitrogen and oxygen atoms in total. The summed E-state index contributed by atoms with van der Waals surface area (Å²) in [5.41, 5.74) is 0.280. The van der Waals surface area contributed by atoms with E-state index in [0.717, 1.165) is 5.56 Å². The Bertz CT molecular complexity index is 931. The van der Waals surface area contributed by atoms with Gasteiger partial charge in [-0.15, -0.1) is 0 Å². The summed E-state index contributed by atoms with van der Waals surface area (Å²) in [7, 11) is 0. The first-order valence-corrected chi connectivity index (χ1v) is 8.70. The maximum absolute atomic E-state index is 12.2. The van der Waals surface area contributed by atoms with Gasteiger partial charge in [0.05, 0.1) is 12.9 Å². The maximum atomic E-state index is 12.2. The van der Waals surface area contributed by atoms with Crippen LogP contribution in [0, 0.1) is 0 Å². The molecule has 2 aromatic carbocycles. The second kappa shape index (κ2) is 6.67. The molecule has 0 spiro atoms. The van der Waals surface area contributed by atoms with Crippen LogP contribution in [0.3, 0.4) is 0 Å². The van der Waals surface area contributed by atoms with E-state index in [1.54, 1.807) is 36.9 Å². The van der Waals surface area contributed by atoms with Crippen LogP contribution in [-0.2, 0) is 21.6 Å². The van der Waals surface area contributed by atoms with Crippen LogP contribution >= 0.6 is 23.2 Å². The number of carbonyl (C=O) groups is 1. The molecule has 132 valence electrons. The van der Waals surface area contributed by atoms with Crippen molar-refractivity contribution in [2.75, 3.05) is 0 Å². The quantitative estimate of drug-likeness (QED) is 0.590. The SMILES string of the molecule is O=C1O[C@H](c2ccccc2)[C@@](Cn2ccnc2)(c2ccc(Cl)cc2Cl)O1. The van der Waals surface area contributed by atoms with E-state index in [0.29, 0.717) is 22.2 Å². The number of carbonyl (C=O) groups excluding carboxylic acids is 1. The molecule has 1 fully saturated rings. The molecule has 1 saturated heterocycles. The molecule has 0 bridgehead atoms. The van der Waals surface area contributed by atoms with Crippen molar-refractivity contribution < 1.29 is 14.3 Å². The minimum atomic E-state index is -1.15. The highest BCUT2D eigenvalue weighted by Crippen LogP contribution is 2.49. The molecule has 7 heteroatoms. The van der Waals surface area contributed by atoms with Gasteiger partial charge in [0.25, 0.3) is 0 Å². The lowest BCUT2D eigenvalue weighted by Gasteiger charge is -2.32. The number of ether oxygens (including phenoxy) is 2. The van der Waals surface area contributed by atoms with Crippen LogP contribution in [0.15, 0.2) is 67.3 Å². The van der Waals surface area contributed by atoms with E-state index >= 15 is 0 Å². The molecule has 0 aliphatic carbocycles. The van der Waals surface area contributed by atoms with Crippen molar-refractivity contribution in [3.05, 3.63) is 88.4 Å². The molecule has 0 radical (unpaired) electrons. The van der Waals surface area contributed by atoms with Crippen LogP contribution in [-0.4, -0.2) is 15.7 Å². The number of imidazole rings is 1. The Morgan fingerprint density at radius 3 is 2.65 bits per heavy atom. The van der Waals surface area contributed by atoms with E-state index in [9.17, 15) is 4.79 Å². The first kappa shape index (κ1) is 16.9. The lowest BCUT2D eigenvalue weighted by molar-refractivity contribution is 0.00681. The lowest BCUT2D eigenvalue weighted by atomic mass is 9.84. The van der Waals surface area contributed by atoms with E-state index < -0.39 is 17.9 Å². The highest BCUT2D eigenvalue weighted by molar-refractivity contribution is 6.35. The van der Waals surface area contributed by atoms with Crippen molar-refractivity contribution >= 4 is 29.4 Å². The van der Waals surface area contributed by atoms with Crippen LogP contribution in [0.5, 0.6) is 0 Å². The molecular formula is C19H14Cl2N2O3. The van der Waals surface area contributed by atoms with Gasteiger partial charge in [0.2, 0.25) is 5.60 Å². The van der Waals surface area contributed by atoms with Gasteiger partial charge in [-0.25, -0.2) is 9.78 Å². The van der Waals surface area contributed by atoms with Gasteiger partial charge in [-0.1, -0.05) is 59.6 Å². The lowest BCUT2D eigenvalue weighted by Crippen LogP contribution is -2.36. The molecule has 2 atom stereocenters. The van der Waals surface area contributed by atoms with E-state index in [1.807, 2.05) is 34.9 Å². The zero-order chi connectivity index (χ0) is 18.1. The molecule has 0 unspecified atom stereocenters. The van der Waals surface area contributed by atoms with Crippen LogP contribution in [0.2, 0.25) is 10.0 Å². The zero-order valence-corrected chi connectivity index (χ0v) is 15.0.